The number of hydrogen-bond acceptors (Lipinski definition) is 4. The molecule has 1 amide bonds. The van der Waals surface area contributed by atoms with Gasteiger partial charge in [0.2, 0.25) is 0 Å². The van der Waals surface area contributed by atoms with Crippen molar-refractivity contribution in [3.05, 3.63) is 38.9 Å². The number of aliphatic carboxylic acids is 1. The predicted molar refractivity (Wildman–Crippen MR) is 74.3 cm³/mol. The van der Waals surface area contributed by atoms with Crippen molar-refractivity contribution in [1.82, 2.24) is 4.90 Å². The second kappa shape index (κ2) is 5.69. The summed E-state index contributed by atoms with van der Waals surface area (Å²) in [7, 11) is 0. The number of rotatable bonds is 3. The monoisotopic (exact) mass is 312 g/mol. The summed E-state index contributed by atoms with van der Waals surface area (Å²) in [5.74, 6) is -2.20. The van der Waals surface area contributed by atoms with Crippen molar-refractivity contribution in [2.24, 2.45) is 5.92 Å². The van der Waals surface area contributed by atoms with Crippen molar-refractivity contribution in [1.29, 1.82) is 0 Å². The number of benzene rings is 1. The van der Waals surface area contributed by atoms with Gasteiger partial charge in [-0.25, -0.2) is 0 Å². The second-order valence-corrected chi connectivity index (χ2v) is 5.33. The summed E-state index contributed by atoms with van der Waals surface area (Å²) in [6, 6.07) is 3.23. The normalized spacial score (nSPS) is 21.3. The summed E-state index contributed by atoms with van der Waals surface area (Å²) in [6.07, 6.45) is 0.330. The maximum Gasteiger partial charge on any atom is 0.308 e. The van der Waals surface area contributed by atoms with Gasteiger partial charge in [0.15, 0.2) is 0 Å². The summed E-state index contributed by atoms with van der Waals surface area (Å²) >= 11 is 5.80. The third-order valence-corrected chi connectivity index (χ3v) is 3.95. The minimum atomic E-state index is -0.974. The molecule has 7 nitrogen and oxygen atoms in total. The molecule has 2 unspecified atom stereocenters. The highest BCUT2D eigenvalue weighted by molar-refractivity contribution is 6.31. The van der Waals surface area contributed by atoms with Gasteiger partial charge in [0.1, 0.15) is 5.56 Å². The van der Waals surface area contributed by atoms with Gasteiger partial charge in [-0.15, -0.1) is 0 Å². The zero-order chi connectivity index (χ0) is 15.7. The summed E-state index contributed by atoms with van der Waals surface area (Å²) in [6.45, 7) is 1.88. The fourth-order valence-electron chi connectivity index (χ4n) is 2.55. The molecule has 0 saturated carbocycles. The molecule has 0 aromatic heterocycles. The highest BCUT2D eigenvalue weighted by Crippen LogP contribution is 2.30. The van der Waals surface area contributed by atoms with Gasteiger partial charge in [0.25, 0.3) is 11.6 Å². The van der Waals surface area contributed by atoms with E-state index in [0.717, 1.165) is 0 Å². The lowest BCUT2D eigenvalue weighted by molar-refractivity contribution is -0.385. The maximum absolute atomic E-state index is 12.5. The second-order valence-electron chi connectivity index (χ2n) is 4.89. The molecule has 2 atom stereocenters. The van der Waals surface area contributed by atoms with Gasteiger partial charge in [0.05, 0.1) is 10.8 Å². The first kappa shape index (κ1) is 15.2. The van der Waals surface area contributed by atoms with Crippen LogP contribution in [-0.4, -0.2) is 39.4 Å². The van der Waals surface area contributed by atoms with Crippen LogP contribution in [0, 0.1) is 16.0 Å². The Morgan fingerprint density at radius 3 is 2.67 bits per heavy atom. The Morgan fingerprint density at radius 1 is 1.48 bits per heavy atom. The van der Waals surface area contributed by atoms with Crippen LogP contribution >= 0.6 is 11.6 Å². The van der Waals surface area contributed by atoms with E-state index in [-0.39, 0.29) is 22.8 Å². The Hall–Kier alpha value is -2.15. The van der Waals surface area contributed by atoms with Gasteiger partial charge in [-0.1, -0.05) is 11.6 Å². The van der Waals surface area contributed by atoms with Gasteiger partial charge in [-0.05, 0) is 25.5 Å². The number of carboxylic acid groups (broad SMARTS) is 1. The van der Waals surface area contributed by atoms with Crippen LogP contribution in [0.2, 0.25) is 5.02 Å². The van der Waals surface area contributed by atoms with Crippen LogP contribution in [0.5, 0.6) is 0 Å². The van der Waals surface area contributed by atoms with Crippen molar-refractivity contribution in [3.8, 4) is 0 Å². The van der Waals surface area contributed by atoms with Crippen molar-refractivity contribution in [2.75, 3.05) is 6.54 Å². The summed E-state index contributed by atoms with van der Waals surface area (Å²) in [5.41, 5.74) is -0.458. The number of carbonyl (C=O) groups is 2. The molecule has 1 aromatic carbocycles. The third kappa shape index (κ3) is 2.82. The number of nitrogens with zero attached hydrogens (tertiary/aromatic N) is 2. The Kier molecular flexibility index (Phi) is 4.13. The fourth-order valence-corrected chi connectivity index (χ4v) is 2.72. The van der Waals surface area contributed by atoms with Gasteiger partial charge >= 0.3 is 5.97 Å². The molecule has 21 heavy (non-hydrogen) atoms. The summed E-state index contributed by atoms with van der Waals surface area (Å²) < 4.78 is 0. The van der Waals surface area contributed by atoms with E-state index in [1.165, 1.54) is 23.1 Å². The standard InChI is InChI=1S/C13H13ClN2O5/c1-7-9(13(18)19)4-5-15(7)12(17)10-6-8(14)2-3-11(10)16(20)21/h2-3,6-7,9H,4-5H2,1H3,(H,18,19). The number of nitro groups is 1. The van der Waals surface area contributed by atoms with E-state index in [0.29, 0.717) is 6.42 Å². The molecule has 1 aliphatic heterocycles. The highest BCUT2D eigenvalue weighted by atomic mass is 35.5. The molecule has 1 fully saturated rings. The van der Waals surface area contributed by atoms with Crippen LogP contribution < -0.4 is 0 Å². The molecule has 1 heterocycles. The number of halogens is 1. The molecule has 1 aromatic rings. The average Bonchev–Trinajstić information content (AvgIpc) is 2.79. The number of hydrogen-bond donors (Lipinski definition) is 1. The number of nitro benzene ring substituents is 1. The van der Waals surface area contributed by atoms with Crippen molar-refractivity contribution in [2.45, 2.75) is 19.4 Å². The summed E-state index contributed by atoms with van der Waals surface area (Å²) in [4.78, 5) is 35.2. The van der Waals surface area contributed by atoms with Crippen LogP contribution in [0.15, 0.2) is 18.2 Å². The average molecular weight is 313 g/mol. The number of carbonyl (C=O) groups excluding carboxylic acids is 1. The molecular weight excluding hydrogens is 300 g/mol. The molecule has 0 aliphatic carbocycles. The minimum Gasteiger partial charge on any atom is -0.481 e. The molecule has 2 rings (SSSR count). The van der Waals surface area contributed by atoms with E-state index in [1.807, 2.05) is 0 Å². The first-order valence-corrected chi connectivity index (χ1v) is 6.68. The first-order chi connectivity index (χ1) is 9.82. The lowest BCUT2D eigenvalue weighted by Gasteiger charge is -2.23. The molecule has 8 heteroatoms. The van der Waals surface area contributed by atoms with Gasteiger partial charge in [-0.2, -0.15) is 0 Å². The Bertz CT molecular complexity index is 619. The van der Waals surface area contributed by atoms with E-state index >= 15 is 0 Å². The van der Waals surface area contributed by atoms with Crippen molar-refractivity contribution < 1.29 is 19.6 Å². The smallest absolute Gasteiger partial charge is 0.308 e. The predicted octanol–water partition coefficient (Wildman–Crippen LogP) is 2.18. The number of carboxylic acids is 1. The van der Waals surface area contributed by atoms with E-state index in [1.54, 1.807) is 6.92 Å². The Labute approximate surface area is 125 Å². The minimum absolute atomic E-state index is 0.120. The van der Waals surface area contributed by atoms with Gasteiger partial charge in [0, 0.05) is 23.7 Å². The molecule has 0 radical (unpaired) electrons. The molecule has 1 N–H and O–H groups in total. The maximum atomic E-state index is 12.5. The van der Waals surface area contributed by atoms with E-state index in [9.17, 15) is 19.7 Å². The lowest BCUT2D eigenvalue weighted by Crippen LogP contribution is -2.37. The molecule has 0 bridgehead atoms. The van der Waals surface area contributed by atoms with Crippen LogP contribution in [0.3, 0.4) is 0 Å². The van der Waals surface area contributed by atoms with E-state index in [2.05, 4.69) is 0 Å². The van der Waals surface area contributed by atoms with Crippen LogP contribution in [0.4, 0.5) is 5.69 Å². The van der Waals surface area contributed by atoms with Crippen LogP contribution in [0.1, 0.15) is 23.7 Å². The number of likely N-dealkylation sites (tertiary alicyclic amines) is 1. The zero-order valence-electron chi connectivity index (χ0n) is 11.2. The van der Waals surface area contributed by atoms with Crippen LogP contribution in [-0.2, 0) is 4.79 Å². The summed E-state index contributed by atoms with van der Waals surface area (Å²) in [5, 5.41) is 20.3. The molecular formula is C13H13ClN2O5. The molecule has 0 spiro atoms. The van der Waals surface area contributed by atoms with E-state index in [4.69, 9.17) is 16.7 Å². The Morgan fingerprint density at radius 2 is 2.14 bits per heavy atom. The molecule has 112 valence electrons. The topological polar surface area (TPSA) is 101 Å². The van der Waals surface area contributed by atoms with Crippen LogP contribution in [0.25, 0.3) is 0 Å². The number of amides is 1. The van der Waals surface area contributed by atoms with E-state index < -0.39 is 28.8 Å². The molecule has 1 aliphatic rings. The third-order valence-electron chi connectivity index (χ3n) is 3.72. The largest absolute Gasteiger partial charge is 0.481 e. The SMILES string of the molecule is CC1C(C(=O)O)CCN1C(=O)c1cc(Cl)ccc1[N+](=O)[O-]. The van der Waals surface area contributed by atoms with Crippen molar-refractivity contribution >= 4 is 29.2 Å². The molecule has 1 saturated heterocycles. The first-order valence-electron chi connectivity index (χ1n) is 6.30. The zero-order valence-corrected chi connectivity index (χ0v) is 11.9. The lowest BCUT2D eigenvalue weighted by atomic mass is 10.0. The Balaban J connectivity index is 2.35. The van der Waals surface area contributed by atoms with Gasteiger partial charge in [-0.3, -0.25) is 19.7 Å². The quantitative estimate of drug-likeness (QED) is 0.681. The fraction of sp³-hybridized carbons (Fsp3) is 0.385. The van der Waals surface area contributed by atoms with Crippen molar-refractivity contribution in [3.63, 3.8) is 0 Å². The van der Waals surface area contributed by atoms with Gasteiger partial charge < -0.3 is 10.0 Å². The highest BCUT2D eigenvalue weighted by Gasteiger charge is 2.39.